The van der Waals surface area contributed by atoms with Gasteiger partial charge in [-0.05, 0) is 32.9 Å². The third-order valence-electron chi connectivity index (χ3n) is 3.02. The molecule has 94 valence electrons. The van der Waals surface area contributed by atoms with Crippen molar-refractivity contribution in [2.45, 2.75) is 32.2 Å². The Kier molecular flexibility index (Phi) is 4.50. The number of thiazole rings is 1. The highest BCUT2D eigenvalue weighted by atomic mass is 32.1. The predicted molar refractivity (Wildman–Crippen MR) is 69.3 cm³/mol. The third-order valence-corrected chi connectivity index (χ3v) is 3.61. The van der Waals surface area contributed by atoms with E-state index in [1.165, 1.54) is 30.6 Å². The van der Waals surface area contributed by atoms with Crippen LogP contribution in [0.1, 0.15) is 36.7 Å². The van der Waals surface area contributed by atoms with E-state index >= 15 is 0 Å². The summed E-state index contributed by atoms with van der Waals surface area (Å²) in [5.41, 5.74) is 2.21. The van der Waals surface area contributed by atoms with Gasteiger partial charge < -0.3 is 10.2 Å². The van der Waals surface area contributed by atoms with E-state index in [9.17, 15) is 4.79 Å². The van der Waals surface area contributed by atoms with Crippen molar-refractivity contribution in [1.29, 1.82) is 0 Å². The Balaban J connectivity index is 1.76. The lowest BCUT2D eigenvalue weighted by Gasteiger charge is -2.29. The van der Waals surface area contributed by atoms with Gasteiger partial charge in [0.05, 0.1) is 5.51 Å². The molecule has 0 bridgehead atoms. The zero-order valence-electron chi connectivity index (χ0n) is 10.2. The molecule has 0 radical (unpaired) electrons. The zero-order chi connectivity index (χ0) is 12.1. The van der Waals surface area contributed by atoms with Crippen LogP contribution in [0, 0.1) is 0 Å². The van der Waals surface area contributed by atoms with Crippen molar-refractivity contribution in [2.75, 3.05) is 19.6 Å². The van der Waals surface area contributed by atoms with Crippen molar-refractivity contribution in [2.24, 2.45) is 0 Å². The second kappa shape index (κ2) is 6.12. The summed E-state index contributed by atoms with van der Waals surface area (Å²) in [6, 6.07) is 0.183. The van der Waals surface area contributed by atoms with Gasteiger partial charge in [0.1, 0.15) is 5.69 Å². The average molecular weight is 253 g/mol. The highest BCUT2D eigenvalue weighted by Crippen LogP contribution is 2.09. The van der Waals surface area contributed by atoms with Gasteiger partial charge in [0.15, 0.2) is 0 Å². The van der Waals surface area contributed by atoms with Gasteiger partial charge in [-0.2, -0.15) is 0 Å². The van der Waals surface area contributed by atoms with Gasteiger partial charge in [0, 0.05) is 18.0 Å². The number of rotatable bonds is 4. The van der Waals surface area contributed by atoms with Crippen LogP contribution in [0.25, 0.3) is 0 Å². The van der Waals surface area contributed by atoms with Crippen LogP contribution < -0.4 is 5.32 Å². The number of amides is 1. The molecular weight excluding hydrogens is 234 g/mol. The largest absolute Gasteiger partial charge is 0.347 e. The van der Waals surface area contributed by atoms with Crippen LogP contribution in [0.3, 0.4) is 0 Å². The van der Waals surface area contributed by atoms with E-state index in [1.807, 2.05) is 0 Å². The zero-order valence-corrected chi connectivity index (χ0v) is 11.0. The molecule has 1 aromatic rings. The van der Waals surface area contributed by atoms with E-state index in [0.29, 0.717) is 5.69 Å². The molecule has 0 aliphatic carbocycles. The summed E-state index contributed by atoms with van der Waals surface area (Å²) >= 11 is 1.45. The lowest BCUT2D eigenvalue weighted by atomic mass is 10.1. The molecule has 1 N–H and O–H groups in total. The van der Waals surface area contributed by atoms with E-state index in [2.05, 4.69) is 22.1 Å². The lowest BCUT2D eigenvalue weighted by Crippen LogP contribution is -2.43. The molecule has 1 unspecified atom stereocenters. The van der Waals surface area contributed by atoms with Crippen LogP contribution in [-0.2, 0) is 0 Å². The van der Waals surface area contributed by atoms with Gasteiger partial charge in [0.25, 0.3) is 5.91 Å². The molecule has 4 nitrogen and oxygen atoms in total. The van der Waals surface area contributed by atoms with E-state index < -0.39 is 0 Å². The van der Waals surface area contributed by atoms with Gasteiger partial charge in [0.2, 0.25) is 0 Å². The second-order valence-electron chi connectivity index (χ2n) is 4.61. The summed E-state index contributed by atoms with van der Waals surface area (Å²) in [6.07, 6.45) is 3.91. The Labute approximate surface area is 106 Å². The summed E-state index contributed by atoms with van der Waals surface area (Å²) in [7, 11) is 0. The Hall–Kier alpha value is -0.940. The molecular formula is C12H19N3OS. The maximum absolute atomic E-state index is 11.8. The summed E-state index contributed by atoms with van der Waals surface area (Å²) in [5.74, 6) is -0.0595. The first-order chi connectivity index (χ1) is 8.25. The number of nitrogens with one attached hydrogen (secondary N) is 1. The Morgan fingerprint density at radius 2 is 2.29 bits per heavy atom. The van der Waals surface area contributed by atoms with E-state index in [-0.39, 0.29) is 11.9 Å². The average Bonchev–Trinajstić information content (AvgIpc) is 2.83. The number of aromatic nitrogens is 1. The van der Waals surface area contributed by atoms with Crippen LogP contribution in [0.4, 0.5) is 0 Å². The molecule has 1 amide bonds. The molecule has 1 atom stereocenters. The number of hydrogen-bond acceptors (Lipinski definition) is 4. The number of hydrogen-bond donors (Lipinski definition) is 1. The van der Waals surface area contributed by atoms with Crippen LogP contribution >= 0.6 is 11.3 Å². The SMILES string of the molecule is CC(CN1CCCCC1)NC(=O)c1cscn1. The molecule has 1 fully saturated rings. The standard InChI is InChI=1S/C12H19N3OS/c1-10(7-15-5-3-2-4-6-15)14-12(16)11-8-17-9-13-11/h8-10H,2-7H2,1H3,(H,14,16). The van der Waals surface area contributed by atoms with E-state index in [1.54, 1.807) is 10.9 Å². The lowest BCUT2D eigenvalue weighted by molar-refractivity contribution is 0.0921. The quantitative estimate of drug-likeness (QED) is 0.889. The maximum Gasteiger partial charge on any atom is 0.270 e. The third kappa shape index (κ3) is 3.78. The fourth-order valence-electron chi connectivity index (χ4n) is 2.20. The summed E-state index contributed by atoms with van der Waals surface area (Å²) in [5, 5.41) is 4.77. The number of likely N-dealkylation sites (tertiary alicyclic amines) is 1. The van der Waals surface area contributed by atoms with Gasteiger partial charge in [-0.1, -0.05) is 6.42 Å². The summed E-state index contributed by atoms with van der Waals surface area (Å²) in [4.78, 5) is 18.2. The topological polar surface area (TPSA) is 45.2 Å². The summed E-state index contributed by atoms with van der Waals surface area (Å²) in [6.45, 7) is 5.32. The first-order valence-corrected chi connectivity index (χ1v) is 7.11. The molecule has 0 saturated carbocycles. The maximum atomic E-state index is 11.8. The molecule has 2 heterocycles. The molecule has 0 aromatic carbocycles. The number of carbonyl (C=O) groups is 1. The Morgan fingerprint density at radius 3 is 2.94 bits per heavy atom. The van der Waals surface area contributed by atoms with Crippen molar-refractivity contribution in [3.05, 3.63) is 16.6 Å². The van der Waals surface area contributed by atoms with E-state index in [0.717, 1.165) is 19.6 Å². The molecule has 5 heteroatoms. The first-order valence-electron chi connectivity index (χ1n) is 6.17. The van der Waals surface area contributed by atoms with Crippen molar-refractivity contribution in [3.63, 3.8) is 0 Å². The molecule has 1 saturated heterocycles. The fourth-order valence-corrected chi connectivity index (χ4v) is 2.73. The molecule has 17 heavy (non-hydrogen) atoms. The van der Waals surface area contributed by atoms with Crippen molar-refractivity contribution >= 4 is 17.2 Å². The molecule has 1 aliphatic heterocycles. The Bertz CT molecular complexity index is 347. The van der Waals surface area contributed by atoms with Gasteiger partial charge in [-0.25, -0.2) is 4.98 Å². The number of carbonyl (C=O) groups excluding carboxylic acids is 1. The fraction of sp³-hybridized carbons (Fsp3) is 0.667. The normalized spacial score (nSPS) is 18.9. The van der Waals surface area contributed by atoms with Crippen molar-refractivity contribution in [3.8, 4) is 0 Å². The van der Waals surface area contributed by atoms with Crippen LogP contribution in [-0.4, -0.2) is 41.5 Å². The van der Waals surface area contributed by atoms with Crippen LogP contribution in [0.5, 0.6) is 0 Å². The highest BCUT2D eigenvalue weighted by Gasteiger charge is 2.16. The van der Waals surface area contributed by atoms with Crippen LogP contribution in [0.15, 0.2) is 10.9 Å². The van der Waals surface area contributed by atoms with Crippen molar-refractivity contribution in [1.82, 2.24) is 15.2 Å². The first kappa shape index (κ1) is 12.5. The minimum atomic E-state index is -0.0595. The number of nitrogens with zero attached hydrogens (tertiary/aromatic N) is 2. The monoisotopic (exact) mass is 253 g/mol. The van der Waals surface area contributed by atoms with Crippen LogP contribution in [0.2, 0.25) is 0 Å². The smallest absolute Gasteiger partial charge is 0.270 e. The van der Waals surface area contributed by atoms with Gasteiger partial charge >= 0.3 is 0 Å². The Morgan fingerprint density at radius 1 is 1.53 bits per heavy atom. The minimum Gasteiger partial charge on any atom is -0.347 e. The minimum absolute atomic E-state index is 0.0595. The van der Waals surface area contributed by atoms with E-state index in [4.69, 9.17) is 0 Å². The van der Waals surface area contributed by atoms with Gasteiger partial charge in [-0.15, -0.1) is 11.3 Å². The second-order valence-corrected chi connectivity index (χ2v) is 5.33. The molecule has 1 aromatic heterocycles. The molecule has 0 spiro atoms. The molecule has 1 aliphatic rings. The van der Waals surface area contributed by atoms with Crippen molar-refractivity contribution < 1.29 is 4.79 Å². The summed E-state index contributed by atoms with van der Waals surface area (Å²) < 4.78 is 0. The number of piperidine rings is 1. The van der Waals surface area contributed by atoms with Gasteiger partial charge in [-0.3, -0.25) is 4.79 Å². The highest BCUT2D eigenvalue weighted by molar-refractivity contribution is 7.07. The predicted octanol–water partition coefficient (Wildman–Crippen LogP) is 1.75. The molecule has 2 rings (SSSR count).